The van der Waals surface area contributed by atoms with Gasteiger partial charge in [-0.3, -0.25) is 0 Å². The SMILES string of the molecule is CCCCC(CC)CC(C(=O)O)=C(C(=O)O)C(C(F)(F)F)C(F)(F)F. The van der Waals surface area contributed by atoms with Gasteiger partial charge in [0.15, 0.2) is 5.92 Å². The van der Waals surface area contributed by atoms with Crippen LogP contribution in [0.1, 0.15) is 46.0 Å². The molecule has 0 aromatic carbocycles. The van der Waals surface area contributed by atoms with Crippen molar-refractivity contribution in [3.8, 4) is 0 Å². The Morgan fingerprint density at radius 2 is 1.40 bits per heavy atom. The Labute approximate surface area is 140 Å². The largest absolute Gasteiger partial charge is 0.478 e. The van der Waals surface area contributed by atoms with Gasteiger partial charge in [0, 0.05) is 5.57 Å². The van der Waals surface area contributed by atoms with Crippen molar-refractivity contribution >= 4 is 11.9 Å². The second-order valence-corrected chi connectivity index (χ2v) is 5.64. The Hall–Kier alpha value is -1.74. The van der Waals surface area contributed by atoms with Gasteiger partial charge in [-0.25, -0.2) is 9.59 Å². The highest BCUT2D eigenvalue weighted by molar-refractivity contribution is 5.99. The summed E-state index contributed by atoms with van der Waals surface area (Å²) in [5.41, 5.74) is -3.52. The second kappa shape index (κ2) is 9.10. The van der Waals surface area contributed by atoms with Crippen LogP contribution in [0, 0.1) is 11.8 Å². The van der Waals surface area contributed by atoms with Crippen LogP contribution in [-0.2, 0) is 9.59 Å². The molecule has 0 aliphatic rings. The molecule has 1 unspecified atom stereocenters. The highest BCUT2D eigenvalue weighted by Gasteiger charge is 2.61. The van der Waals surface area contributed by atoms with E-state index >= 15 is 0 Å². The van der Waals surface area contributed by atoms with Crippen LogP contribution in [0.2, 0.25) is 0 Å². The maximum Gasteiger partial charge on any atom is 0.404 e. The minimum atomic E-state index is -5.97. The van der Waals surface area contributed by atoms with Gasteiger partial charge in [-0.2, -0.15) is 26.3 Å². The lowest BCUT2D eigenvalue weighted by Gasteiger charge is -2.26. The maximum atomic E-state index is 12.9. The summed E-state index contributed by atoms with van der Waals surface area (Å²) in [7, 11) is 0. The molecule has 2 N–H and O–H groups in total. The van der Waals surface area contributed by atoms with Gasteiger partial charge >= 0.3 is 24.3 Å². The summed E-state index contributed by atoms with van der Waals surface area (Å²) in [4.78, 5) is 22.4. The fourth-order valence-corrected chi connectivity index (χ4v) is 2.48. The summed E-state index contributed by atoms with van der Waals surface area (Å²) >= 11 is 0. The number of carbonyl (C=O) groups is 2. The van der Waals surface area contributed by atoms with Crippen LogP contribution in [0.15, 0.2) is 11.1 Å². The van der Waals surface area contributed by atoms with E-state index < -0.39 is 53.7 Å². The van der Waals surface area contributed by atoms with Crippen molar-refractivity contribution in [1.29, 1.82) is 0 Å². The first-order valence-electron chi connectivity index (χ1n) is 7.60. The number of halogens is 6. The van der Waals surface area contributed by atoms with Gasteiger partial charge in [0.05, 0.1) is 5.57 Å². The highest BCUT2D eigenvalue weighted by atomic mass is 19.4. The molecule has 25 heavy (non-hydrogen) atoms. The Kier molecular flexibility index (Phi) is 8.46. The van der Waals surface area contributed by atoms with E-state index in [4.69, 9.17) is 10.2 Å². The number of alkyl halides is 6. The molecule has 1 atom stereocenters. The van der Waals surface area contributed by atoms with E-state index in [9.17, 15) is 35.9 Å². The smallest absolute Gasteiger partial charge is 0.404 e. The summed E-state index contributed by atoms with van der Waals surface area (Å²) < 4.78 is 77.2. The first-order valence-corrected chi connectivity index (χ1v) is 7.60. The minimum absolute atomic E-state index is 0.298. The molecule has 0 spiro atoms. The van der Waals surface area contributed by atoms with Crippen LogP contribution in [0.5, 0.6) is 0 Å². The predicted octanol–water partition coefficient (Wildman–Crippen LogP) is 4.80. The number of unbranched alkanes of at least 4 members (excludes halogenated alkanes) is 1. The van der Waals surface area contributed by atoms with E-state index in [1.807, 2.05) is 6.92 Å². The van der Waals surface area contributed by atoms with E-state index in [0.29, 0.717) is 25.7 Å². The van der Waals surface area contributed by atoms with Gasteiger partial charge in [-0.05, 0) is 12.3 Å². The summed E-state index contributed by atoms with van der Waals surface area (Å²) in [6.45, 7) is 3.41. The third-order valence-electron chi connectivity index (χ3n) is 3.79. The normalized spacial score (nSPS) is 15.1. The Morgan fingerprint density at radius 3 is 1.68 bits per heavy atom. The van der Waals surface area contributed by atoms with Gasteiger partial charge in [0.1, 0.15) is 0 Å². The Balaban J connectivity index is 6.29. The van der Waals surface area contributed by atoms with Crippen molar-refractivity contribution in [1.82, 2.24) is 0 Å². The summed E-state index contributed by atoms with van der Waals surface area (Å²) in [6, 6.07) is 0. The van der Waals surface area contributed by atoms with Crippen molar-refractivity contribution in [3.05, 3.63) is 11.1 Å². The molecule has 0 fully saturated rings. The standard InChI is InChI=1S/C15H20F6O4/c1-3-5-6-8(4-2)7-9(12(22)23)10(13(24)25)11(14(16,17)18)15(19,20)21/h8,11H,3-7H2,1-2H3,(H,22,23)(H,24,25). The van der Waals surface area contributed by atoms with Gasteiger partial charge in [0.25, 0.3) is 0 Å². The topological polar surface area (TPSA) is 74.6 Å². The second-order valence-electron chi connectivity index (χ2n) is 5.64. The molecule has 0 heterocycles. The monoisotopic (exact) mass is 378 g/mol. The lowest BCUT2D eigenvalue weighted by molar-refractivity contribution is -0.272. The average molecular weight is 378 g/mol. The van der Waals surface area contributed by atoms with Crippen LogP contribution in [0.3, 0.4) is 0 Å². The molecule has 0 bridgehead atoms. The van der Waals surface area contributed by atoms with Crippen LogP contribution >= 0.6 is 0 Å². The Morgan fingerprint density at radius 1 is 0.920 bits per heavy atom. The van der Waals surface area contributed by atoms with E-state index in [1.165, 1.54) is 0 Å². The van der Waals surface area contributed by atoms with Crippen LogP contribution in [0.4, 0.5) is 26.3 Å². The molecule has 0 amide bonds. The molecule has 10 heteroatoms. The summed E-state index contributed by atoms with van der Waals surface area (Å²) in [6.07, 6.45) is -10.7. The first-order chi connectivity index (χ1) is 11.3. The minimum Gasteiger partial charge on any atom is -0.478 e. The fraction of sp³-hybridized carbons (Fsp3) is 0.733. The number of rotatable bonds is 9. The maximum absolute atomic E-state index is 12.9. The zero-order valence-electron chi connectivity index (χ0n) is 13.7. The van der Waals surface area contributed by atoms with Crippen molar-refractivity contribution in [3.63, 3.8) is 0 Å². The molecule has 0 rings (SSSR count). The molecule has 146 valence electrons. The number of aliphatic carboxylic acids is 2. The molecule has 0 aliphatic carbocycles. The molecular formula is C15H20F6O4. The van der Waals surface area contributed by atoms with E-state index in [2.05, 4.69) is 0 Å². The zero-order valence-corrected chi connectivity index (χ0v) is 13.7. The Bertz CT molecular complexity index is 493. The number of hydrogen-bond acceptors (Lipinski definition) is 2. The lowest BCUT2D eigenvalue weighted by atomic mass is 9.85. The number of carboxylic acids is 2. The molecule has 0 aromatic heterocycles. The molecule has 0 saturated carbocycles. The molecular weight excluding hydrogens is 358 g/mol. The molecule has 0 radical (unpaired) electrons. The van der Waals surface area contributed by atoms with Crippen molar-refractivity contribution in [2.75, 3.05) is 0 Å². The van der Waals surface area contributed by atoms with Crippen LogP contribution in [-0.4, -0.2) is 34.5 Å². The molecule has 0 saturated heterocycles. The van der Waals surface area contributed by atoms with Crippen LogP contribution in [0.25, 0.3) is 0 Å². The average Bonchev–Trinajstić information content (AvgIpc) is 2.42. The van der Waals surface area contributed by atoms with Crippen molar-refractivity contribution in [2.24, 2.45) is 11.8 Å². The summed E-state index contributed by atoms with van der Waals surface area (Å²) in [5.74, 6) is -9.51. The molecule has 0 aliphatic heterocycles. The van der Waals surface area contributed by atoms with Gasteiger partial charge < -0.3 is 10.2 Å². The molecule has 4 nitrogen and oxygen atoms in total. The van der Waals surface area contributed by atoms with E-state index in [-0.39, 0.29) is 0 Å². The van der Waals surface area contributed by atoms with Gasteiger partial charge in [-0.15, -0.1) is 0 Å². The van der Waals surface area contributed by atoms with E-state index in [0.717, 1.165) is 0 Å². The summed E-state index contributed by atoms with van der Waals surface area (Å²) in [5, 5.41) is 18.0. The fourth-order valence-electron chi connectivity index (χ4n) is 2.48. The van der Waals surface area contributed by atoms with Crippen molar-refractivity contribution < 1.29 is 46.1 Å². The first kappa shape index (κ1) is 23.3. The third kappa shape index (κ3) is 6.95. The van der Waals surface area contributed by atoms with Crippen molar-refractivity contribution in [2.45, 2.75) is 58.3 Å². The zero-order chi connectivity index (χ0) is 20.0. The third-order valence-corrected chi connectivity index (χ3v) is 3.79. The highest BCUT2D eigenvalue weighted by Crippen LogP contribution is 2.45. The van der Waals surface area contributed by atoms with Gasteiger partial charge in [-0.1, -0.05) is 39.5 Å². The number of carboxylic acid groups (broad SMARTS) is 2. The quantitative estimate of drug-likeness (QED) is 0.446. The van der Waals surface area contributed by atoms with E-state index in [1.54, 1.807) is 6.92 Å². The van der Waals surface area contributed by atoms with Crippen LogP contribution < -0.4 is 0 Å². The lowest BCUT2D eigenvalue weighted by Crippen LogP contribution is -2.41. The van der Waals surface area contributed by atoms with Gasteiger partial charge in [0.2, 0.25) is 0 Å². The number of hydrogen-bond donors (Lipinski definition) is 2. The predicted molar refractivity (Wildman–Crippen MR) is 75.8 cm³/mol. The molecule has 0 aromatic rings.